The van der Waals surface area contributed by atoms with Gasteiger partial charge in [0.1, 0.15) is 5.00 Å². The van der Waals surface area contributed by atoms with E-state index in [-0.39, 0.29) is 23.9 Å². The number of para-hydroxylation sites is 2. The van der Waals surface area contributed by atoms with Crippen molar-refractivity contribution in [3.63, 3.8) is 0 Å². The Morgan fingerprint density at radius 3 is 2.55 bits per heavy atom. The molecule has 0 radical (unpaired) electrons. The van der Waals surface area contributed by atoms with E-state index in [0.717, 1.165) is 29.7 Å². The maximum atomic E-state index is 12.7. The third kappa shape index (κ3) is 5.39. The number of carbonyl (C=O) groups is 2. The molecule has 0 aliphatic heterocycles. The van der Waals surface area contributed by atoms with Crippen LogP contribution in [0.2, 0.25) is 0 Å². The number of methoxy groups -OCH3 is 1. The lowest BCUT2D eigenvalue weighted by atomic mass is 9.72. The van der Waals surface area contributed by atoms with E-state index in [4.69, 9.17) is 14.2 Å². The van der Waals surface area contributed by atoms with Gasteiger partial charge in [-0.2, -0.15) is 0 Å². The molecule has 6 nitrogen and oxygen atoms in total. The van der Waals surface area contributed by atoms with Gasteiger partial charge in [0.2, 0.25) is 0 Å². The predicted molar refractivity (Wildman–Crippen MR) is 122 cm³/mol. The lowest BCUT2D eigenvalue weighted by molar-refractivity contribution is -0.118. The number of hydrogen-bond donors (Lipinski definition) is 1. The van der Waals surface area contributed by atoms with Gasteiger partial charge in [-0.25, -0.2) is 4.79 Å². The van der Waals surface area contributed by atoms with Gasteiger partial charge in [0.25, 0.3) is 5.91 Å². The normalized spacial score (nSPS) is 15.7. The molecule has 0 fully saturated rings. The highest BCUT2D eigenvalue weighted by Crippen LogP contribution is 2.44. The number of esters is 1. The van der Waals surface area contributed by atoms with Crippen LogP contribution in [0.1, 0.15) is 54.9 Å². The van der Waals surface area contributed by atoms with Crippen LogP contribution in [-0.4, -0.2) is 32.2 Å². The number of anilines is 1. The van der Waals surface area contributed by atoms with Gasteiger partial charge in [-0.15, -0.1) is 11.3 Å². The maximum absolute atomic E-state index is 12.7. The SMILES string of the molecule is CCOC(=O)c1c(NC(=O)COc2ccccc2OC)sc2c1CCC(C(C)(C)C)C2. The molecule has 31 heavy (non-hydrogen) atoms. The minimum atomic E-state index is -0.379. The van der Waals surface area contributed by atoms with Gasteiger partial charge >= 0.3 is 5.97 Å². The highest BCUT2D eigenvalue weighted by atomic mass is 32.1. The van der Waals surface area contributed by atoms with Gasteiger partial charge in [-0.05, 0) is 55.2 Å². The molecule has 1 amide bonds. The van der Waals surface area contributed by atoms with Crippen molar-refractivity contribution in [3.8, 4) is 11.5 Å². The van der Waals surface area contributed by atoms with Crippen molar-refractivity contribution in [1.29, 1.82) is 0 Å². The van der Waals surface area contributed by atoms with Gasteiger partial charge in [0.15, 0.2) is 18.1 Å². The molecule has 3 rings (SSSR count). The smallest absolute Gasteiger partial charge is 0.341 e. The van der Waals surface area contributed by atoms with E-state index in [1.807, 2.05) is 12.1 Å². The van der Waals surface area contributed by atoms with E-state index in [0.29, 0.717) is 34.6 Å². The summed E-state index contributed by atoms with van der Waals surface area (Å²) in [6.45, 7) is 8.64. The molecular formula is C24H31NO5S. The largest absolute Gasteiger partial charge is 0.493 e. The second kappa shape index (κ2) is 9.73. The van der Waals surface area contributed by atoms with Gasteiger partial charge in [0, 0.05) is 4.88 Å². The van der Waals surface area contributed by atoms with Crippen LogP contribution in [0.4, 0.5) is 5.00 Å². The van der Waals surface area contributed by atoms with Crippen LogP contribution in [0, 0.1) is 11.3 Å². The molecule has 2 aromatic rings. The van der Waals surface area contributed by atoms with Gasteiger partial charge < -0.3 is 19.5 Å². The summed E-state index contributed by atoms with van der Waals surface area (Å²) in [5.41, 5.74) is 1.71. The second-order valence-corrected chi connectivity index (χ2v) is 9.83. The fourth-order valence-corrected chi connectivity index (χ4v) is 5.21. The first-order valence-corrected chi connectivity index (χ1v) is 11.4. The van der Waals surface area contributed by atoms with Gasteiger partial charge in [-0.1, -0.05) is 32.9 Å². The number of benzene rings is 1. The summed E-state index contributed by atoms with van der Waals surface area (Å²) in [5.74, 6) is 0.871. The van der Waals surface area contributed by atoms with E-state index >= 15 is 0 Å². The van der Waals surface area contributed by atoms with Crippen LogP contribution in [0.5, 0.6) is 11.5 Å². The van der Waals surface area contributed by atoms with E-state index in [1.54, 1.807) is 26.2 Å². The Morgan fingerprint density at radius 1 is 1.19 bits per heavy atom. The highest BCUT2D eigenvalue weighted by molar-refractivity contribution is 7.17. The van der Waals surface area contributed by atoms with Crippen LogP contribution in [0.25, 0.3) is 0 Å². The number of ether oxygens (including phenoxy) is 3. The summed E-state index contributed by atoms with van der Waals surface area (Å²) >= 11 is 1.48. The fraction of sp³-hybridized carbons (Fsp3) is 0.500. The Morgan fingerprint density at radius 2 is 1.90 bits per heavy atom. The third-order valence-corrected chi connectivity index (χ3v) is 6.82. The number of carbonyl (C=O) groups excluding carboxylic acids is 2. The minimum absolute atomic E-state index is 0.185. The second-order valence-electron chi connectivity index (χ2n) is 8.72. The van der Waals surface area contributed by atoms with E-state index in [9.17, 15) is 9.59 Å². The van der Waals surface area contributed by atoms with E-state index in [1.165, 1.54) is 11.3 Å². The first-order valence-electron chi connectivity index (χ1n) is 10.6. The molecule has 7 heteroatoms. The predicted octanol–water partition coefficient (Wildman–Crippen LogP) is 5.10. The Bertz CT molecular complexity index is 944. The average Bonchev–Trinajstić information content (AvgIpc) is 3.09. The number of thiophene rings is 1. The number of nitrogens with one attached hydrogen (secondary N) is 1. The van der Waals surface area contributed by atoms with Crippen LogP contribution in [-0.2, 0) is 22.4 Å². The van der Waals surface area contributed by atoms with Crippen LogP contribution >= 0.6 is 11.3 Å². The number of rotatable bonds is 7. The van der Waals surface area contributed by atoms with Crippen molar-refractivity contribution >= 4 is 28.2 Å². The highest BCUT2D eigenvalue weighted by Gasteiger charge is 2.34. The summed E-state index contributed by atoms with van der Waals surface area (Å²) in [7, 11) is 1.55. The van der Waals surface area contributed by atoms with Crippen molar-refractivity contribution in [2.24, 2.45) is 11.3 Å². The van der Waals surface area contributed by atoms with E-state index in [2.05, 4.69) is 26.1 Å². The molecule has 1 aliphatic rings. The first-order chi connectivity index (χ1) is 14.7. The van der Waals surface area contributed by atoms with Crippen molar-refractivity contribution < 1.29 is 23.8 Å². The van der Waals surface area contributed by atoms with Crippen molar-refractivity contribution in [1.82, 2.24) is 0 Å². The summed E-state index contributed by atoms with van der Waals surface area (Å²) in [6.07, 6.45) is 2.74. The zero-order valence-electron chi connectivity index (χ0n) is 18.9. The van der Waals surface area contributed by atoms with Crippen LogP contribution < -0.4 is 14.8 Å². The Hall–Kier alpha value is -2.54. The Balaban J connectivity index is 1.79. The molecule has 0 bridgehead atoms. The molecule has 1 N–H and O–H groups in total. The fourth-order valence-electron chi connectivity index (χ4n) is 3.88. The standard InChI is InChI=1S/C24H31NO5S/c1-6-29-23(27)21-16-12-11-15(24(2,3)4)13-19(16)31-22(21)25-20(26)14-30-18-10-8-7-9-17(18)28-5/h7-10,15H,6,11-14H2,1-5H3,(H,25,26). The maximum Gasteiger partial charge on any atom is 0.341 e. The van der Waals surface area contributed by atoms with Gasteiger partial charge in [-0.3, -0.25) is 4.79 Å². The number of hydrogen-bond acceptors (Lipinski definition) is 6. The minimum Gasteiger partial charge on any atom is -0.493 e. The molecule has 1 atom stereocenters. The first kappa shape index (κ1) is 23.1. The zero-order valence-corrected chi connectivity index (χ0v) is 19.7. The summed E-state index contributed by atoms with van der Waals surface area (Å²) in [4.78, 5) is 26.5. The van der Waals surface area contributed by atoms with Crippen molar-refractivity contribution in [2.75, 3.05) is 25.6 Å². The summed E-state index contributed by atoms with van der Waals surface area (Å²) in [6, 6.07) is 7.16. The number of amides is 1. The zero-order chi connectivity index (χ0) is 22.6. The third-order valence-electron chi connectivity index (χ3n) is 5.65. The van der Waals surface area contributed by atoms with Crippen LogP contribution in [0.15, 0.2) is 24.3 Å². The quantitative estimate of drug-likeness (QED) is 0.600. The Kier molecular flexibility index (Phi) is 7.26. The molecule has 0 saturated carbocycles. The van der Waals surface area contributed by atoms with Crippen molar-refractivity contribution in [2.45, 2.75) is 47.0 Å². The molecule has 0 saturated heterocycles. The molecule has 1 aromatic heterocycles. The lowest BCUT2D eigenvalue weighted by Gasteiger charge is -2.33. The molecular weight excluding hydrogens is 414 g/mol. The van der Waals surface area contributed by atoms with Crippen LogP contribution in [0.3, 0.4) is 0 Å². The molecule has 1 aliphatic carbocycles. The molecule has 168 valence electrons. The average molecular weight is 446 g/mol. The van der Waals surface area contributed by atoms with Crippen molar-refractivity contribution in [3.05, 3.63) is 40.3 Å². The monoisotopic (exact) mass is 445 g/mol. The topological polar surface area (TPSA) is 73.9 Å². The lowest BCUT2D eigenvalue weighted by Crippen LogP contribution is -2.26. The Labute approximate surface area is 187 Å². The number of fused-ring (bicyclic) bond motifs is 1. The summed E-state index contributed by atoms with van der Waals surface area (Å²) < 4.78 is 16.2. The van der Waals surface area contributed by atoms with E-state index < -0.39 is 0 Å². The molecule has 1 heterocycles. The molecule has 1 unspecified atom stereocenters. The molecule has 0 spiro atoms. The summed E-state index contributed by atoms with van der Waals surface area (Å²) in [5, 5.41) is 3.43. The van der Waals surface area contributed by atoms with Gasteiger partial charge in [0.05, 0.1) is 19.3 Å². The molecule has 1 aromatic carbocycles.